The van der Waals surface area contributed by atoms with E-state index in [1.54, 1.807) is 11.8 Å². The van der Waals surface area contributed by atoms with Crippen LogP contribution in [0.2, 0.25) is 0 Å². The predicted octanol–water partition coefficient (Wildman–Crippen LogP) is 4.40. The lowest BCUT2D eigenvalue weighted by atomic mass is 10.0. The van der Waals surface area contributed by atoms with Crippen molar-refractivity contribution in [1.82, 2.24) is 15.0 Å². The van der Waals surface area contributed by atoms with Crippen molar-refractivity contribution in [3.63, 3.8) is 0 Å². The number of aliphatic hydroxyl groups excluding tert-OH is 1. The highest BCUT2D eigenvalue weighted by Gasteiger charge is 2.36. The number of aliphatic hydroxyl groups is 1. The Hall–Kier alpha value is -2.11. The third kappa shape index (κ3) is 4.12. The number of hydrogen-bond acceptors (Lipinski definition) is 8. The fraction of sp³-hybridized carbons (Fsp3) is 0.389. The zero-order valence-corrected chi connectivity index (χ0v) is 16.8. The molecule has 0 aromatic carbocycles. The fourth-order valence-corrected chi connectivity index (χ4v) is 5.71. The van der Waals surface area contributed by atoms with E-state index >= 15 is 0 Å². The van der Waals surface area contributed by atoms with E-state index in [9.17, 15) is 13.2 Å². The predicted molar refractivity (Wildman–Crippen MR) is 109 cm³/mol. The number of rotatable bonds is 6. The van der Waals surface area contributed by atoms with E-state index in [0.717, 1.165) is 25.3 Å². The lowest BCUT2D eigenvalue weighted by Gasteiger charge is -2.23. The number of alkyl halides is 3. The second kappa shape index (κ2) is 7.96. The summed E-state index contributed by atoms with van der Waals surface area (Å²) in [5.41, 5.74) is 5.98. The van der Waals surface area contributed by atoms with Crippen LogP contribution in [0, 0.1) is 0 Å². The van der Waals surface area contributed by atoms with Gasteiger partial charge in [-0.3, -0.25) is 0 Å². The first kappa shape index (κ1) is 20.2. The van der Waals surface area contributed by atoms with Crippen molar-refractivity contribution >= 4 is 45.0 Å². The average molecular weight is 442 g/mol. The van der Waals surface area contributed by atoms with Gasteiger partial charge in [0.2, 0.25) is 5.95 Å². The molecule has 1 aliphatic carbocycles. The molecule has 154 valence electrons. The molecule has 29 heavy (non-hydrogen) atoms. The van der Waals surface area contributed by atoms with E-state index in [2.05, 4.69) is 20.3 Å². The van der Waals surface area contributed by atoms with Crippen LogP contribution in [0.3, 0.4) is 0 Å². The summed E-state index contributed by atoms with van der Waals surface area (Å²) in [7, 11) is 0. The Labute approximate surface area is 172 Å². The molecule has 4 N–H and O–H groups in total. The Morgan fingerprint density at radius 2 is 2.00 bits per heavy atom. The van der Waals surface area contributed by atoms with Gasteiger partial charge in [-0.1, -0.05) is 6.42 Å². The number of nitrogens with one attached hydrogen (secondary N) is 1. The lowest BCUT2D eigenvalue weighted by molar-refractivity contribution is -0.136. The molecule has 0 radical (unpaired) electrons. The average Bonchev–Trinajstić information content (AvgIpc) is 2.97. The van der Waals surface area contributed by atoms with E-state index < -0.39 is 11.7 Å². The first-order valence-electron chi connectivity index (χ1n) is 9.01. The third-order valence-electron chi connectivity index (χ3n) is 4.64. The summed E-state index contributed by atoms with van der Waals surface area (Å²) >= 11 is 2.75. The number of fused-ring (bicyclic) bond motifs is 1. The second-order valence-electron chi connectivity index (χ2n) is 6.65. The standard InChI is InChI=1S/C18H18F3N5OS2/c19-18(20,21)11-6-12(9-7-24-17(25-8-9)23-4-5-27)26-15-13(11)14(22)16(29-15)28-10-2-1-3-10/h6-8,10,27H,1-5,22H2,(H,23,24,25). The monoisotopic (exact) mass is 441 g/mol. The molecule has 1 aliphatic rings. The van der Waals surface area contributed by atoms with Crippen molar-refractivity contribution in [2.24, 2.45) is 0 Å². The summed E-state index contributed by atoms with van der Waals surface area (Å²) in [5.74, 6) is 0.277. The van der Waals surface area contributed by atoms with Crippen molar-refractivity contribution in [2.45, 2.75) is 34.9 Å². The number of pyridine rings is 1. The Kier molecular flexibility index (Phi) is 5.54. The Morgan fingerprint density at radius 1 is 1.28 bits per heavy atom. The van der Waals surface area contributed by atoms with Gasteiger partial charge in [0.25, 0.3) is 0 Å². The van der Waals surface area contributed by atoms with Crippen molar-refractivity contribution in [1.29, 1.82) is 0 Å². The summed E-state index contributed by atoms with van der Waals surface area (Å²) in [5, 5.41) is 12.0. The summed E-state index contributed by atoms with van der Waals surface area (Å²) in [6.07, 6.45) is 1.49. The Balaban J connectivity index is 1.76. The molecule has 3 heterocycles. The van der Waals surface area contributed by atoms with Gasteiger partial charge < -0.3 is 16.2 Å². The maximum absolute atomic E-state index is 13.8. The van der Waals surface area contributed by atoms with Gasteiger partial charge in [-0.05, 0) is 18.9 Å². The number of thioether (sulfide) groups is 1. The maximum atomic E-state index is 13.8. The number of hydrogen-bond donors (Lipinski definition) is 3. The molecule has 0 amide bonds. The Morgan fingerprint density at radius 3 is 2.59 bits per heavy atom. The minimum absolute atomic E-state index is 0.0322. The quantitative estimate of drug-likeness (QED) is 0.522. The third-order valence-corrected chi connectivity index (χ3v) is 7.31. The normalized spacial score (nSPS) is 14.9. The summed E-state index contributed by atoms with van der Waals surface area (Å²) in [4.78, 5) is 12.8. The number of anilines is 2. The fourth-order valence-electron chi connectivity index (χ4n) is 2.92. The van der Waals surface area contributed by atoms with Crippen molar-refractivity contribution < 1.29 is 18.3 Å². The molecule has 0 atom stereocenters. The van der Waals surface area contributed by atoms with Crippen LogP contribution in [0.25, 0.3) is 21.5 Å². The van der Waals surface area contributed by atoms with Crippen molar-refractivity contribution in [3.8, 4) is 11.3 Å². The molecule has 11 heteroatoms. The topological polar surface area (TPSA) is 97.0 Å². The molecular formula is C18H18F3N5OS2. The SMILES string of the molecule is Nc1c(SC2CCC2)sc2nc(-c3cnc(NCCO)nc3)cc(C(F)(F)F)c12. The first-order chi connectivity index (χ1) is 13.9. The minimum atomic E-state index is -4.56. The summed E-state index contributed by atoms with van der Waals surface area (Å²) in [6.45, 7) is 0.191. The van der Waals surface area contributed by atoms with E-state index in [0.29, 0.717) is 15.0 Å². The van der Waals surface area contributed by atoms with Gasteiger partial charge in [-0.15, -0.1) is 23.1 Å². The maximum Gasteiger partial charge on any atom is 0.417 e. The number of nitrogen functional groups attached to an aromatic ring is 1. The Bertz CT molecular complexity index is 1020. The van der Waals surface area contributed by atoms with E-state index in [-0.39, 0.29) is 40.7 Å². The number of halogens is 3. The van der Waals surface area contributed by atoms with Crippen LogP contribution in [-0.4, -0.2) is 38.5 Å². The van der Waals surface area contributed by atoms with Gasteiger partial charge in [0, 0.05) is 35.1 Å². The van der Waals surface area contributed by atoms with E-state index in [4.69, 9.17) is 10.8 Å². The number of aromatic nitrogens is 3. The van der Waals surface area contributed by atoms with Gasteiger partial charge >= 0.3 is 6.18 Å². The molecule has 0 bridgehead atoms. The lowest BCUT2D eigenvalue weighted by Crippen LogP contribution is -2.12. The number of nitrogens with two attached hydrogens (primary N) is 1. The van der Waals surface area contributed by atoms with E-state index in [1.165, 1.54) is 23.7 Å². The van der Waals surface area contributed by atoms with Crippen LogP contribution in [0.15, 0.2) is 22.7 Å². The van der Waals surface area contributed by atoms with Crippen LogP contribution in [0.1, 0.15) is 24.8 Å². The highest BCUT2D eigenvalue weighted by atomic mass is 32.2. The van der Waals surface area contributed by atoms with Crippen LogP contribution < -0.4 is 11.1 Å². The molecule has 6 nitrogen and oxygen atoms in total. The summed E-state index contributed by atoms with van der Waals surface area (Å²) < 4.78 is 42.1. The van der Waals surface area contributed by atoms with Gasteiger partial charge in [0.1, 0.15) is 4.83 Å². The molecule has 1 saturated carbocycles. The number of nitrogens with zero attached hydrogens (tertiary/aromatic N) is 3. The minimum Gasteiger partial charge on any atom is -0.397 e. The molecule has 3 aromatic heterocycles. The molecular weight excluding hydrogens is 423 g/mol. The highest BCUT2D eigenvalue weighted by Crippen LogP contribution is 2.49. The van der Waals surface area contributed by atoms with Gasteiger partial charge in [-0.2, -0.15) is 13.2 Å². The smallest absolute Gasteiger partial charge is 0.397 e. The van der Waals surface area contributed by atoms with Crippen LogP contribution in [0.5, 0.6) is 0 Å². The number of thiophene rings is 1. The molecule has 1 fully saturated rings. The van der Waals surface area contributed by atoms with Gasteiger partial charge in [0.05, 0.1) is 27.8 Å². The second-order valence-corrected chi connectivity index (χ2v) is 9.22. The first-order valence-corrected chi connectivity index (χ1v) is 10.7. The largest absolute Gasteiger partial charge is 0.417 e. The van der Waals surface area contributed by atoms with E-state index in [1.807, 2.05) is 0 Å². The summed E-state index contributed by atoms with van der Waals surface area (Å²) in [6, 6.07) is 1.00. The zero-order valence-electron chi connectivity index (χ0n) is 15.2. The van der Waals surface area contributed by atoms with Gasteiger partial charge in [-0.25, -0.2) is 15.0 Å². The highest BCUT2D eigenvalue weighted by molar-refractivity contribution is 8.02. The van der Waals surface area contributed by atoms with Crippen LogP contribution >= 0.6 is 23.1 Å². The van der Waals surface area contributed by atoms with Crippen LogP contribution in [0.4, 0.5) is 24.8 Å². The molecule has 3 aromatic rings. The van der Waals surface area contributed by atoms with Crippen molar-refractivity contribution in [3.05, 3.63) is 24.0 Å². The molecule has 0 spiro atoms. The van der Waals surface area contributed by atoms with Gasteiger partial charge in [0.15, 0.2) is 0 Å². The van der Waals surface area contributed by atoms with Crippen LogP contribution in [-0.2, 0) is 6.18 Å². The zero-order chi connectivity index (χ0) is 20.6. The molecule has 4 rings (SSSR count). The molecule has 0 saturated heterocycles. The van der Waals surface area contributed by atoms with Crippen molar-refractivity contribution in [2.75, 3.05) is 24.2 Å². The molecule has 0 aliphatic heterocycles. The molecule has 0 unspecified atom stereocenters.